The van der Waals surface area contributed by atoms with Gasteiger partial charge in [-0.3, -0.25) is 0 Å². The van der Waals surface area contributed by atoms with Crippen LogP contribution in [0.1, 0.15) is 5.56 Å². The van der Waals surface area contributed by atoms with E-state index in [4.69, 9.17) is 5.21 Å². The van der Waals surface area contributed by atoms with Crippen molar-refractivity contribution in [3.63, 3.8) is 0 Å². The molecule has 0 saturated heterocycles. The Hall–Kier alpha value is -1.13. The van der Waals surface area contributed by atoms with Gasteiger partial charge < -0.3 is 5.21 Å². The zero-order chi connectivity index (χ0) is 13.0. The first-order chi connectivity index (χ1) is 8.72. The SMILES string of the molecule is ON=C(c1ccc(-c2ccccc2)cc1)C(Br)Br. The van der Waals surface area contributed by atoms with Crippen molar-refractivity contribution < 1.29 is 5.21 Å². The maximum absolute atomic E-state index is 8.96. The van der Waals surface area contributed by atoms with E-state index in [1.165, 1.54) is 5.56 Å². The average molecular weight is 369 g/mol. The van der Waals surface area contributed by atoms with Gasteiger partial charge in [-0.2, -0.15) is 0 Å². The molecule has 0 aliphatic rings. The molecule has 0 aromatic heterocycles. The van der Waals surface area contributed by atoms with Crippen LogP contribution in [0.15, 0.2) is 59.8 Å². The molecule has 4 heteroatoms. The van der Waals surface area contributed by atoms with Crippen LogP contribution in [0.4, 0.5) is 0 Å². The van der Waals surface area contributed by atoms with Gasteiger partial charge in [-0.25, -0.2) is 0 Å². The number of hydrogen-bond donors (Lipinski definition) is 1. The van der Waals surface area contributed by atoms with Crippen molar-refractivity contribution in [2.75, 3.05) is 0 Å². The summed E-state index contributed by atoms with van der Waals surface area (Å²) in [6.07, 6.45) is 0. The van der Waals surface area contributed by atoms with Crippen molar-refractivity contribution in [3.8, 4) is 11.1 Å². The molecule has 0 spiro atoms. The molecule has 0 aliphatic carbocycles. The summed E-state index contributed by atoms with van der Waals surface area (Å²) in [5.74, 6) is 0. The molecule has 0 fully saturated rings. The molecule has 0 bridgehead atoms. The van der Waals surface area contributed by atoms with Gasteiger partial charge in [0.15, 0.2) is 0 Å². The van der Waals surface area contributed by atoms with Crippen LogP contribution in [0.25, 0.3) is 11.1 Å². The lowest BCUT2D eigenvalue weighted by Crippen LogP contribution is -2.08. The van der Waals surface area contributed by atoms with Crippen LogP contribution in [0, 0.1) is 0 Å². The maximum Gasteiger partial charge on any atom is 0.116 e. The van der Waals surface area contributed by atoms with E-state index < -0.39 is 0 Å². The van der Waals surface area contributed by atoms with Gasteiger partial charge in [-0.15, -0.1) is 0 Å². The van der Waals surface area contributed by atoms with Gasteiger partial charge in [0.25, 0.3) is 0 Å². The Bertz CT molecular complexity index is 535. The van der Waals surface area contributed by atoms with E-state index in [0.717, 1.165) is 11.1 Å². The molecule has 92 valence electrons. The van der Waals surface area contributed by atoms with Gasteiger partial charge in [0.1, 0.15) is 9.45 Å². The molecular weight excluding hydrogens is 358 g/mol. The molecule has 0 radical (unpaired) electrons. The fraction of sp³-hybridized carbons (Fsp3) is 0.0714. The van der Waals surface area contributed by atoms with Gasteiger partial charge in [0.05, 0.1) is 0 Å². The zero-order valence-electron chi connectivity index (χ0n) is 9.42. The Labute approximate surface area is 123 Å². The summed E-state index contributed by atoms with van der Waals surface area (Å²) in [5.41, 5.74) is 3.73. The number of rotatable bonds is 3. The van der Waals surface area contributed by atoms with Crippen LogP contribution in [0.2, 0.25) is 0 Å². The molecule has 0 heterocycles. The van der Waals surface area contributed by atoms with E-state index in [1.54, 1.807) is 0 Å². The normalized spacial score (nSPS) is 11.8. The molecule has 2 rings (SSSR count). The second-order valence-electron chi connectivity index (χ2n) is 3.73. The van der Waals surface area contributed by atoms with Crippen LogP contribution in [-0.2, 0) is 0 Å². The highest BCUT2D eigenvalue weighted by Gasteiger charge is 2.11. The highest BCUT2D eigenvalue weighted by Crippen LogP contribution is 2.22. The fourth-order valence-electron chi connectivity index (χ4n) is 1.69. The minimum absolute atomic E-state index is 0.169. The second-order valence-corrected chi connectivity index (χ2v) is 6.79. The minimum atomic E-state index is -0.169. The maximum atomic E-state index is 8.96. The topological polar surface area (TPSA) is 32.6 Å². The molecule has 0 amide bonds. The molecular formula is C14H11Br2NO. The summed E-state index contributed by atoms with van der Waals surface area (Å²) in [6, 6.07) is 18.0. The molecule has 0 saturated carbocycles. The van der Waals surface area contributed by atoms with E-state index in [1.807, 2.05) is 42.5 Å². The highest BCUT2D eigenvalue weighted by molar-refractivity contribution is 9.25. The molecule has 2 aromatic carbocycles. The first-order valence-corrected chi connectivity index (χ1v) is 7.21. The number of benzene rings is 2. The summed E-state index contributed by atoms with van der Waals surface area (Å²) in [7, 11) is 0. The van der Waals surface area contributed by atoms with E-state index in [0.29, 0.717) is 5.71 Å². The Balaban J connectivity index is 2.31. The van der Waals surface area contributed by atoms with E-state index >= 15 is 0 Å². The number of hydrogen-bond acceptors (Lipinski definition) is 2. The molecule has 18 heavy (non-hydrogen) atoms. The minimum Gasteiger partial charge on any atom is -0.411 e. The van der Waals surface area contributed by atoms with Crippen LogP contribution in [0.5, 0.6) is 0 Å². The highest BCUT2D eigenvalue weighted by atomic mass is 79.9. The van der Waals surface area contributed by atoms with Crippen molar-refractivity contribution >= 4 is 37.6 Å². The molecule has 0 unspecified atom stereocenters. The van der Waals surface area contributed by atoms with Crippen molar-refractivity contribution in [1.29, 1.82) is 0 Å². The monoisotopic (exact) mass is 367 g/mol. The van der Waals surface area contributed by atoms with E-state index in [-0.39, 0.29) is 3.74 Å². The Morgan fingerprint density at radius 3 is 1.94 bits per heavy atom. The van der Waals surface area contributed by atoms with E-state index in [9.17, 15) is 0 Å². The van der Waals surface area contributed by atoms with Gasteiger partial charge in [-0.1, -0.05) is 91.6 Å². The summed E-state index contributed by atoms with van der Waals surface area (Å²) < 4.78 is -0.169. The lowest BCUT2D eigenvalue weighted by molar-refractivity contribution is 0.319. The van der Waals surface area contributed by atoms with Crippen molar-refractivity contribution in [1.82, 2.24) is 0 Å². The van der Waals surface area contributed by atoms with Gasteiger partial charge in [0, 0.05) is 5.56 Å². The number of alkyl halides is 2. The average Bonchev–Trinajstić information content (AvgIpc) is 2.41. The smallest absolute Gasteiger partial charge is 0.116 e. The molecule has 2 nitrogen and oxygen atoms in total. The van der Waals surface area contributed by atoms with Crippen LogP contribution in [-0.4, -0.2) is 14.7 Å². The van der Waals surface area contributed by atoms with E-state index in [2.05, 4.69) is 49.1 Å². The van der Waals surface area contributed by atoms with Crippen LogP contribution >= 0.6 is 31.9 Å². The number of nitrogens with zero attached hydrogens (tertiary/aromatic N) is 1. The Kier molecular flexibility index (Phi) is 4.55. The van der Waals surface area contributed by atoms with Gasteiger partial charge in [-0.05, 0) is 11.1 Å². The van der Waals surface area contributed by atoms with Crippen LogP contribution in [0.3, 0.4) is 0 Å². The lowest BCUT2D eigenvalue weighted by atomic mass is 10.0. The van der Waals surface area contributed by atoms with Gasteiger partial charge in [0.2, 0.25) is 0 Å². The number of halogens is 2. The summed E-state index contributed by atoms with van der Waals surface area (Å²) >= 11 is 6.65. The third-order valence-corrected chi connectivity index (χ3v) is 3.47. The summed E-state index contributed by atoms with van der Waals surface area (Å²) in [5, 5.41) is 12.2. The predicted molar refractivity (Wildman–Crippen MR) is 81.8 cm³/mol. The predicted octanol–water partition coefficient (Wildman–Crippen LogP) is 4.65. The molecule has 2 aromatic rings. The largest absolute Gasteiger partial charge is 0.411 e. The lowest BCUT2D eigenvalue weighted by Gasteiger charge is -2.07. The Morgan fingerprint density at radius 1 is 0.889 bits per heavy atom. The standard InChI is InChI=1S/C14H11Br2NO/c15-14(16)13(17-18)12-8-6-11(7-9-12)10-4-2-1-3-5-10/h1-9,14,18H. The van der Waals surface area contributed by atoms with Crippen LogP contribution < -0.4 is 0 Å². The zero-order valence-corrected chi connectivity index (χ0v) is 12.6. The quantitative estimate of drug-likeness (QED) is 0.363. The third kappa shape index (κ3) is 3.00. The molecule has 0 aliphatic heterocycles. The van der Waals surface area contributed by atoms with Crippen molar-refractivity contribution in [2.45, 2.75) is 3.74 Å². The molecule has 1 N–H and O–H groups in total. The van der Waals surface area contributed by atoms with Crippen molar-refractivity contribution in [3.05, 3.63) is 60.2 Å². The first kappa shape index (κ1) is 13.3. The Morgan fingerprint density at radius 2 is 1.44 bits per heavy atom. The summed E-state index contributed by atoms with van der Waals surface area (Å²) in [6.45, 7) is 0. The number of oxime groups is 1. The molecule has 0 atom stereocenters. The third-order valence-electron chi connectivity index (χ3n) is 2.60. The second kappa shape index (κ2) is 6.16. The fourth-order valence-corrected chi connectivity index (χ4v) is 2.40. The first-order valence-electron chi connectivity index (χ1n) is 5.38. The van der Waals surface area contributed by atoms with Crippen molar-refractivity contribution in [2.24, 2.45) is 5.16 Å². The van der Waals surface area contributed by atoms with Gasteiger partial charge >= 0.3 is 0 Å². The summed E-state index contributed by atoms with van der Waals surface area (Å²) in [4.78, 5) is 0.